The predicted molar refractivity (Wildman–Crippen MR) is 90.8 cm³/mol. The van der Waals surface area contributed by atoms with Crippen LogP contribution in [0.25, 0.3) is 0 Å². The lowest BCUT2D eigenvalue weighted by Crippen LogP contribution is -2.41. The normalized spacial score (nSPS) is 18.3. The molecule has 0 bridgehead atoms. The summed E-state index contributed by atoms with van der Waals surface area (Å²) in [5.41, 5.74) is 0.611. The second kappa shape index (κ2) is 7.90. The number of hydrogen-bond acceptors (Lipinski definition) is 4. The Hall–Kier alpha value is -1.44. The smallest absolute Gasteiger partial charge is 0.243 e. The number of rotatable bonds is 7. The number of amides is 1. The highest BCUT2D eigenvalue weighted by Crippen LogP contribution is 2.23. The third-order valence-electron chi connectivity index (χ3n) is 3.95. The summed E-state index contributed by atoms with van der Waals surface area (Å²) in [6, 6.07) is 6.41. The number of nitrogens with one attached hydrogen (secondary N) is 2. The third kappa shape index (κ3) is 4.31. The fraction of sp³-hybridized carbons (Fsp3) is 0.562. The first kappa shape index (κ1) is 17.9. The largest absolute Gasteiger partial charge is 0.326 e. The van der Waals surface area contributed by atoms with Crippen molar-refractivity contribution in [2.24, 2.45) is 0 Å². The van der Waals surface area contributed by atoms with E-state index < -0.39 is 10.0 Å². The van der Waals surface area contributed by atoms with Crippen LogP contribution in [0.5, 0.6) is 0 Å². The van der Waals surface area contributed by atoms with Gasteiger partial charge in [0.2, 0.25) is 15.9 Å². The van der Waals surface area contributed by atoms with Crippen LogP contribution in [0.3, 0.4) is 0 Å². The van der Waals surface area contributed by atoms with Crippen molar-refractivity contribution in [3.8, 4) is 0 Å². The van der Waals surface area contributed by atoms with Gasteiger partial charge in [-0.05, 0) is 43.7 Å². The predicted octanol–water partition coefficient (Wildman–Crippen LogP) is 1.80. The van der Waals surface area contributed by atoms with Crippen molar-refractivity contribution in [3.63, 3.8) is 0 Å². The van der Waals surface area contributed by atoms with Crippen LogP contribution in [0, 0.1) is 0 Å². The zero-order valence-electron chi connectivity index (χ0n) is 13.7. The monoisotopic (exact) mass is 339 g/mol. The summed E-state index contributed by atoms with van der Waals surface area (Å²) < 4.78 is 27.4. The van der Waals surface area contributed by atoms with Crippen LogP contribution in [-0.4, -0.2) is 44.3 Å². The van der Waals surface area contributed by atoms with Crippen molar-refractivity contribution in [1.82, 2.24) is 9.62 Å². The van der Waals surface area contributed by atoms with Gasteiger partial charge in [-0.15, -0.1) is 0 Å². The molecule has 1 atom stereocenters. The molecule has 7 heteroatoms. The first-order valence-electron chi connectivity index (χ1n) is 8.11. The topological polar surface area (TPSA) is 78.5 Å². The molecule has 1 aliphatic heterocycles. The van der Waals surface area contributed by atoms with Gasteiger partial charge in [0.25, 0.3) is 0 Å². The molecule has 0 radical (unpaired) electrons. The minimum Gasteiger partial charge on any atom is -0.326 e. The molecule has 1 aromatic rings. The SMILES string of the molecule is CCCN(C1CCNC1)S(=O)(=O)c1ccc(NC(=O)CC)cc1. The van der Waals surface area contributed by atoms with Crippen LogP contribution in [-0.2, 0) is 14.8 Å². The van der Waals surface area contributed by atoms with Gasteiger partial charge in [-0.1, -0.05) is 13.8 Å². The molecule has 1 aromatic carbocycles. The Labute approximate surface area is 138 Å². The molecule has 1 amide bonds. The van der Waals surface area contributed by atoms with Gasteiger partial charge in [0.1, 0.15) is 0 Å². The molecule has 2 rings (SSSR count). The van der Waals surface area contributed by atoms with Crippen molar-refractivity contribution in [1.29, 1.82) is 0 Å². The second-order valence-corrected chi connectivity index (χ2v) is 7.58. The molecule has 1 fully saturated rings. The van der Waals surface area contributed by atoms with Gasteiger partial charge in [0, 0.05) is 31.2 Å². The van der Waals surface area contributed by atoms with Crippen LogP contribution in [0.2, 0.25) is 0 Å². The van der Waals surface area contributed by atoms with Crippen LogP contribution < -0.4 is 10.6 Å². The van der Waals surface area contributed by atoms with Crippen LogP contribution in [0.1, 0.15) is 33.1 Å². The van der Waals surface area contributed by atoms with Crippen molar-refractivity contribution in [2.45, 2.75) is 44.0 Å². The minimum absolute atomic E-state index is 0.0134. The van der Waals surface area contributed by atoms with E-state index in [1.54, 1.807) is 35.5 Å². The molecule has 1 saturated heterocycles. The van der Waals surface area contributed by atoms with Gasteiger partial charge in [0.15, 0.2) is 0 Å². The molecule has 6 nitrogen and oxygen atoms in total. The molecule has 0 aliphatic carbocycles. The van der Waals surface area contributed by atoms with Crippen molar-refractivity contribution >= 4 is 21.6 Å². The van der Waals surface area contributed by atoms with Crippen LogP contribution >= 0.6 is 0 Å². The molecule has 2 N–H and O–H groups in total. The summed E-state index contributed by atoms with van der Waals surface area (Å²) in [6.45, 7) is 5.82. The highest BCUT2D eigenvalue weighted by atomic mass is 32.2. The molecular weight excluding hydrogens is 314 g/mol. The quantitative estimate of drug-likeness (QED) is 0.794. The van der Waals surface area contributed by atoms with Crippen molar-refractivity contribution in [3.05, 3.63) is 24.3 Å². The summed E-state index contributed by atoms with van der Waals surface area (Å²) in [5, 5.41) is 5.94. The molecule has 1 aliphatic rings. The highest BCUT2D eigenvalue weighted by Gasteiger charge is 2.32. The number of carbonyl (C=O) groups is 1. The van der Waals surface area contributed by atoms with Crippen molar-refractivity contribution < 1.29 is 13.2 Å². The molecule has 0 spiro atoms. The molecule has 1 heterocycles. The summed E-state index contributed by atoms with van der Waals surface area (Å²) in [7, 11) is -3.52. The van der Waals surface area contributed by atoms with E-state index >= 15 is 0 Å². The maximum absolute atomic E-state index is 12.9. The Kier molecular flexibility index (Phi) is 6.15. The maximum Gasteiger partial charge on any atom is 0.243 e. The van der Waals surface area contributed by atoms with Gasteiger partial charge in [-0.2, -0.15) is 4.31 Å². The summed E-state index contributed by atoms with van der Waals surface area (Å²) >= 11 is 0. The fourth-order valence-corrected chi connectivity index (χ4v) is 4.45. The summed E-state index contributed by atoms with van der Waals surface area (Å²) in [4.78, 5) is 11.7. The minimum atomic E-state index is -3.52. The average Bonchev–Trinajstić information content (AvgIpc) is 3.06. The van der Waals surface area contributed by atoms with E-state index in [4.69, 9.17) is 0 Å². The van der Waals surface area contributed by atoms with E-state index in [0.29, 0.717) is 25.2 Å². The number of nitrogens with zero attached hydrogens (tertiary/aromatic N) is 1. The lowest BCUT2D eigenvalue weighted by atomic mass is 10.2. The Morgan fingerprint density at radius 1 is 1.30 bits per heavy atom. The maximum atomic E-state index is 12.9. The number of carbonyl (C=O) groups excluding carboxylic acids is 1. The van der Waals surface area contributed by atoms with Gasteiger partial charge in [-0.25, -0.2) is 8.42 Å². The molecule has 0 saturated carbocycles. The first-order valence-corrected chi connectivity index (χ1v) is 9.55. The van der Waals surface area contributed by atoms with Gasteiger partial charge in [0.05, 0.1) is 4.90 Å². The Balaban J connectivity index is 2.21. The molecular formula is C16H25N3O3S. The van der Waals surface area contributed by atoms with E-state index in [0.717, 1.165) is 19.4 Å². The molecule has 128 valence electrons. The van der Waals surface area contributed by atoms with E-state index in [-0.39, 0.29) is 16.8 Å². The third-order valence-corrected chi connectivity index (χ3v) is 5.92. The van der Waals surface area contributed by atoms with E-state index in [1.807, 2.05) is 6.92 Å². The standard InChI is InChI=1S/C16H25N3O3S/c1-3-11-19(14-9-10-17-12-14)23(21,22)15-7-5-13(6-8-15)18-16(20)4-2/h5-8,14,17H,3-4,9-12H2,1-2H3,(H,18,20). The zero-order valence-corrected chi connectivity index (χ0v) is 14.5. The number of anilines is 1. The highest BCUT2D eigenvalue weighted by molar-refractivity contribution is 7.89. The first-order chi connectivity index (χ1) is 11.0. The number of sulfonamides is 1. The van der Waals surface area contributed by atoms with Gasteiger partial charge in [-0.3, -0.25) is 4.79 Å². The molecule has 23 heavy (non-hydrogen) atoms. The summed E-state index contributed by atoms with van der Waals surface area (Å²) in [6.07, 6.45) is 2.00. The Morgan fingerprint density at radius 3 is 2.52 bits per heavy atom. The Morgan fingerprint density at radius 2 is 2.00 bits per heavy atom. The Bertz CT molecular complexity index is 622. The number of hydrogen-bond donors (Lipinski definition) is 2. The van der Waals surface area contributed by atoms with Gasteiger partial charge >= 0.3 is 0 Å². The van der Waals surface area contributed by atoms with Gasteiger partial charge < -0.3 is 10.6 Å². The molecule has 1 unspecified atom stereocenters. The number of benzene rings is 1. The average molecular weight is 339 g/mol. The zero-order chi connectivity index (χ0) is 16.9. The van der Waals surface area contributed by atoms with Crippen molar-refractivity contribution in [2.75, 3.05) is 25.0 Å². The lowest BCUT2D eigenvalue weighted by molar-refractivity contribution is -0.115. The van der Waals surface area contributed by atoms with Crippen LogP contribution in [0.15, 0.2) is 29.2 Å². The summed E-state index contributed by atoms with van der Waals surface area (Å²) in [5.74, 6) is -0.0924. The van der Waals surface area contributed by atoms with E-state index in [1.165, 1.54) is 0 Å². The van der Waals surface area contributed by atoms with E-state index in [9.17, 15) is 13.2 Å². The van der Waals surface area contributed by atoms with E-state index in [2.05, 4.69) is 10.6 Å². The fourth-order valence-electron chi connectivity index (χ4n) is 2.70. The molecule has 0 aromatic heterocycles. The van der Waals surface area contributed by atoms with Crippen LogP contribution in [0.4, 0.5) is 5.69 Å². The second-order valence-electron chi connectivity index (χ2n) is 5.69. The lowest BCUT2D eigenvalue weighted by Gasteiger charge is -2.27.